The molecule has 114 valence electrons. The Kier molecular flexibility index (Phi) is 3.34. The molecule has 0 aliphatic carbocycles. The average Bonchev–Trinajstić information content (AvgIpc) is 2.85. The van der Waals surface area contributed by atoms with Gasteiger partial charge in [0.05, 0.1) is 15.9 Å². The van der Waals surface area contributed by atoms with Crippen LogP contribution in [0.1, 0.15) is 10.4 Å². The van der Waals surface area contributed by atoms with Gasteiger partial charge in [0.15, 0.2) is 0 Å². The molecule has 3 rings (SSSR count). The zero-order valence-corrected chi connectivity index (χ0v) is 13.1. The highest BCUT2D eigenvalue weighted by Gasteiger charge is 2.22. The Morgan fingerprint density at radius 1 is 1.41 bits per heavy atom. The van der Waals surface area contributed by atoms with Crippen molar-refractivity contribution in [2.75, 3.05) is 19.0 Å². The number of nitrogens with zero attached hydrogens (tertiary/aromatic N) is 2. The molecule has 2 heterocycles. The van der Waals surface area contributed by atoms with Crippen molar-refractivity contribution in [1.82, 2.24) is 4.40 Å². The van der Waals surface area contributed by atoms with Gasteiger partial charge >= 0.3 is 5.97 Å². The average molecular weight is 341 g/mol. The lowest BCUT2D eigenvalue weighted by Crippen LogP contribution is -2.19. The fourth-order valence-electron chi connectivity index (χ4n) is 2.35. The van der Waals surface area contributed by atoms with E-state index in [0.717, 1.165) is 17.4 Å². The van der Waals surface area contributed by atoms with E-state index >= 15 is 0 Å². The van der Waals surface area contributed by atoms with Crippen molar-refractivity contribution >= 4 is 50.5 Å². The first-order valence-corrected chi connectivity index (χ1v) is 7.44. The summed E-state index contributed by atoms with van der Waals surface area (Å²) in [4.78, 5) is 25.9. The highest BCUT2D eigenvalue weighted by Crippen LogP contribution is 2.31. The van der Waals surface area contributed by atoms with Gasteiger partial charge in [0.25, 0.3) is 0 Å². The van der Waals surface area contributed by atoms with Crippen molar-refractivity contribution < 1.29 is 14.3 Å². The summed E-state index contributed by atoms with van der Waals surface area (Å²) in [6, 6.07) is 2.32. The number of aromatic carboxylic acids is 1. The second kappa shape index (κ2) is 4.96. The van der Waals surface area contributed by atoms with E-state index in [9.17, 15) is 19.1 Å². The predicted molar refractivity (Wildman–Crippen MR) is 85.3 cm³/mol. The number of halogens is 2. The number of pyridine rings is 1. The number of benzene rings is 1. The van der Waals surface area contributed by atoms with Gasteiger partial charge < -0.3 is 10.0 Å². The van der Waals surface area contributed by atoms with Crippen LogP contribution in [0.5, 0.6) is 0 Å². The molecule has 0 amide bonds. The maximum Gasteiger partial charge on any atom is 0.342 e. The van der Waals surface area contributed by atoms with E-state index in [1.807, 2.05) is 0 Å². The zero-order valence-electron chi connectivity index (χ0n) is 11.6. The van der Waals surface area contributed by atoms with Crippen LogP contribution in [0.4, 0.5) is 10.2 Å². The van der Waals surface area contributed by atoms with Crippen LogP contribution in [0.15, 0.2) is 22.3 Å². The van der Waals surface area contributed by atoms with E-state index in [0.29, 0.717) is 11.3 Å². The Morgan fingerprint density at radius 2 is 2.09 bits per heavy atom. The summed E-state index contributed by atoms with van der Waals surface area (Å²) < 4.78 is 15.3. The molecule has 0 saturated carbocycles. The molecule has 0 radical (unpaired) electrons. The van der Waals surface area contributed by atoms with Crippen molar-refractivity contribution in [2.45, 2.75) is 0 Å². The number of hydrogen-bond donors (Lipinski definition) is 1. The Labute approximate surface area is 132 Å². The Bertz CT molecular complexity index is 993. The molecule has 3 aromatic rings. The minimum atomic E-state index is -1.34. The molecule has 1 aromatic carbocycles. The maximum absolute atomic E-state index is 13.7. The van der Waals surface area contributed by atoms with Gasteiger partial charge in [-0.25, -0.2) is 9.18 Å². The number of rotatable bonds is 2. The van der Waals surface area contributed by atoms with E-state index in [-0.39, 0.29) is 20.8 Å². The topological polar surface area (TPSA) is 62.0 Å². The van der Waals surface area contributed by atoms with Gasteiger partial charge in [-0.1, -0.05) is 11.6 Å². The van der Waals surface area contributed by atoms with Crippen LogP contribution >= 0.6 is 22.9 Å². The SMILES string of the molecule is CN(C)c1csc2c(C(=O)O)c(=O)c3cc(F)c(Cl)cc3n12. The quantitative estimate of drug-likeness (QED) is 0.778. The molecule has 2 aromatic heterocycles. The van der Waals surface area contributed by atoms with Gasteiger partial charge in [-0.05, 0) is 12.1 Å². The summed E-state index contributed by atoms with van der Waals surface area (Å²) in [6.07, 6.45) is 0. The second-order valence-electron chi connectivity index (χ2n) is 4.92. The third kappa shape index (κ3) is 1.97. The molecule has 0 aliphatic rings. The fraction of sp³-hybridized carbons (Fsp3) is 0.143. The van der Waals surface area contributed by atoms with Crippen LogP contribution in [0.25, 0.3) is 15.7 Å². The summed E-state index contributed by atoms with van der Waals surface area (Å²) in [7, 11) is 3.58. The summed E-state index contributed by atoms with van der Waals surface area (Å²) in [5.41, 5.74) is -0.709. The molecule has 22 heavy (non-hydrogen) atoms. The van der Waals surface area contributed by atoms with E-state index < -0.39 is 17.2 Å². The Hall–Kier alpha value is -2.12. The third-order valence-electron chi connectivity index (χ3n) is 3.35. The summed E-state index contributed by atoms with van der Waals surface area (Å²) in [6.45, 7) is 0. The molecular formula is C14H10ClFN2O3S. The molecule has 0 aliphatic heterocycles. The molecule has 0 bridgehead atoms. The standard InChI is InChI=1S/C14H10ClFN2O3S/c1-17(2)10-5-22-13-11(14(20)21)12(19)6-3-8(16)7(15)4-9(6)18(10)13/h3-5H,1-2H3,(H,20,21). The molecule has 0 saturated heterocycles. The van der Waals surface area contributed by atoms with Crippen molar-refractivity contribution in [2.24, 2.45) is 0 Å². The lowest BCUT2D eigenvalue weighted by Gasteiger charge is -2.14. The van der Waals surface area contributed by atoms with Gasteiger partial charge in [0, 0.05) is 19.5 Å². The van der Waals surface area contributed by atoms with E-state index in [1.54, 1.807) is 28.8 Å². The van der Waals surface area contributed by atoms with E-state index in [2.05, 4.69) is 0 Å². The first-order valence-electron chi connectivity index (χ1n) is 6.18. The lowest BCUT2D eigenvalue weighted by molar-refractivity contribution is 0.0697. The van der Waals surface area contributed by atoms with Gasteiger partial charge in [0.1, 0.15) is 22.0 Å². The van der Waals surface area contributed by atoms with Crippen LogP contribution in [0.2, 0.25) is 5.02 Å². The number of anilines is 1. The summed E-state index contributed by atoms with van der Waals surface area (Å²) >= 11 is 6.96. The monoisotopic (exact) mass is 340 g/mol. The molecule has 0 fully saturated rings. The van der Waals surface area contributed by atoms with Crippen LogP contribution < -0.4 is 10.3 Å². The first-order chi connectivity index (χ1) is 10.3. The van der Waals surface area contributed by atoms with Gasteiger partial charge in [-0.15, -0.1) is 11.3 Å². The first kappa shape index (κ1) is 14.8. The number of carboxylic acid groups (broad SMARTS) is 1. The molecule has 5 nitrogen and oxygen atoms in total. The third-order valence-corrected chi connectivity index (χ3v) is 4.57. The summed E-state index contributed by atoms with van der Waals surface area (Å²) in [5, 5.41) is 10.9. The smallest absolute Gasteiger partial charge is 0.342 e. The van der Waals surface area contributed by atoms with Gasteiger partial charge in [0.2, 0.25) is 5.43 Å². The predicted octanol–water partition coefficient (Wildman–Crippen LogP) is 3.07. The number of hydrogen-bond acceptors (Lipinski definition) is 4. The minimum Gasteiger partial charge on any atom is -0.477 e. The maximum atomic E-state index is 13.7. The van der Waals surface area contributed by atoms with Crippen molar-refractivity contribution in [1.29, 1.82) is 0 Å². The van der Waals surface area contributed by atoms with Crippen LogP contribution in [-0.4, -0.2) is 29.6 Å². The molecule has 1 N–H and O–H groups in total. The largest absolute Gasteiger partial charge is 0.477 e. The lowest BCUT2D eigenvalue weighted by atomic mass is 10.1. The Balaban J connectivity index is 2.68. The van der Waals surface area contributed by atoms with Crippen molar-refractivity contribution in [3.05, 3.63) is 44.1 Å². The molecular weight excluding hydrogens is 331 g/mol. The Morgan fingerprint density at radius 3 is 2.68 bits per heavy atom. The van der Waals surface area contributed by atoms with Gasteiger partial charge in [-0.2, -0.15) is 0 Å². The number of aromatic nitrogens is 1. The highest BCUT2D eigenvalue weighted by molar-refractivity contribution is 7.16. The van der Waals surface area contributed by atoms with Gasteiger partial charge in [-0.3, -0.25) is 9.20 Å². The number of carbonyl (C=O) groups is 1. The second-order valence-corrected chi connectivity index (χ2v) is 6.19. The number of carboxylic acids is 1. The molecule has 0 unspecified atom stereocenters. The fourth-order valence-corrected chi connectivity index (χ4v) is 3.64. The van der Waals surface area contributed by atoms with Crippen LogP contribution in [-0.2, 0) is 0 Å². The number of fused-ring (bicyclic) bond motifs is 3. The zero-order chi connectivity index (χ0) is 16.2. The number of thiazole rings is 1. The van der Waals surface area contributed by atoms with Crippen molar-refractivity contribution in [3.63, 3.8) is 0 Å². The van der Waals surface area contributed by atoms with Crippen molar-refractivity contribution in [3.8, 4) is 0 Å². The normalized spacial score (nSPS) is 11.3. The van der Waals surface area contributed by atoms with Crippen LogP contribution in [0, 0.1) is 5.82 Å². The molecule has 0 atom stereocenters. The summed E-state index contributed by atoms with van der Waals surface area (Å²) in [5.74, 6) is -1.42. The minimum absolute atomic E-state index is 0.0155. The highest BCUT2D eigenvalue weighted by atomic mass is 35.5. The molecule has 0 spiro atoms. The van der Waals surface area contributed by atoms with Crippen LogP contribution in [0.3, 0.4) is 0 Å². The van der Waals surface area contributed by atoms with E-state index in [1.165, 1.54) is 6.07 Å². The molecule has 8 heteroatoms. The van der Waals surface area contributed by atoms with E-state index in [4.69, 9.17) is 11.6 Å².